The molecule has 108 valence electrons. The Bertz CT molecular complexity index is 564. The second-order valence-corrected chi connectivity index (χ2v) is 5.41. The molecule has 3 nitrogen and oxygen atoms in total. The van der Waals surface area contributed by atoms with E-state index >= 15 is 0 Å². The molecule has 2 aromatic rings. The standard InChI is InChI=1S/C17H23NO2/c1-12(2)20-17-9-8-14-6-4-5-7-15(14)16(17)11-18-10-13(3)19/h4-9,12-13,18-19H,10-11H2,1-3H3. The first-order valence-corrected chi connectivity index (χ1v) is 7.14. The maximum Gasteiger partial charge on any atom is 0.124 e. The third-order valence-corrected chi connectivity index (χ3v) is 3.10. The number of rotatable bonds is 6. The lowest BCUT2D eigenvalue weighted by molar-refractivity contribution is 0.190. The van der Waals surface area contributed by atoms with Gasteiger partial charge in [-0.15, -0.1) is 0 Å². The van der Waals surface area contributed by atoms with Gasteiger partial charge in [0.05, 0.1) is 12.2 Å². The molecule has 20 heavy (non-hydrogen) atoms. The van der Waals surface area contributed by atoms with E-state index in [-0.39, 0.29) is 12.2 Å². The summed E-state index contributed by atoms with van der Waals surface area (Å²) in [5, 5.41) is 15.0. The molecule has 0 amide bonds. The lowest BCUT2D eigenvalue weighted by Gasteiger charge is -2.17. The van der Waals surface area contributed by atoms with E-state index in [0.717, 1.165) is 11.3 Å². The number of aliphatic hydroxyl groups excluding tert-OH is 1. The molecule has 0 saturated carbocycles. The normalized spacial score (nSPS) is 12.8. The van der Waals surface area contributed by atoms with Gasteiger partial charge in [-0.3, -0.25) is 0 Å². The van der Waals surface area contributed by atoms with E-state index in [1.807, 2.05) is 32.0 Å². The van der Waals surface area contributed by atoms with Crippen molar-refractivity contribution in [1.29, 1.82) is 0 Å². The lowest BCUT2D eigenvalue weighted by Crippen LogP contribution is -2.24. The lowest BCUT2D eigenvalue weighted by atomic mass is 10.0. The molecule has 0 heterocycles. The summed E-state index contributed by atoms with van der Waals surface area (Å²) in [7, 11) is 0. The van der Waals surface area contributed by atoms with E-state index in [0.29, 0.717) is 13.1 Å². The van der Waals surface area contributed by atoms with E-state index in [1.165, 1.54) is 10.8 Å². The van der Waals surface area contributed by atoms with Crippen LogP contribution in [0.4, 0.5) is 0 Å². The van der Waals surface area contributed by atoms with E-state index in [2.05, 4.69) is 23.5 Å². The zero-order valence-electron chi connectivity index (χ0n) is 12.4. The highest BCUT2D eigenvalue weighted by atomic mass is 16.5. The van der Waals surface area contributed by atoms with Crippen LogP contribution in [0.2, 0.25) is 0 Å². The van der Waals surface area contributed by atoms with Gasteiger partial charge in [0.25, 0.3) is 0 Å². The van der Waals surface area contributed by atoms with Crippen molar-refractivity contribution in [2.75, 3.05) is 6.54 Å². The monoisotopic (exact) mass is 273 g/mol. The maximum absolute atomic E-state index is 9.36. The molecule has 0 spiro atoms. The first-order valence-electron chi connectivity index (χ1n) is 7.14. The van der Waals surface area contributed by atoms with Crippen LogP contribution in [0.15, 0.2) is 36.4 Å². The van der Waals surface area contributed by atoms with Gasteiger partial charge < -0.3 is 15.2 Å². The summed E-state index contributed by atoms with van der Waals surface area (Å²) in [6.07, 6.45) is -0.203. The van der Waals surface area contributed by atoms with Gasteiger partial charge in [-0.1, -0.05) is 30.3 Å². The molecule has 0 aliphatic carbocycles. The Hall–Kier alpha value is -1.58. The van der Waals surface area contributed by atoms with Gasteiger partial charge in [0.1, 0.15) is 5.75 Å². The minimum Gasteiger partial charge on any atom is -0.491 e. The van der Waals surface area contributed by atoms with Crippen LogP contribution in [0.3, 0.4) is 0 Å². The van der Waals surface area contributed by atoms with Crippen LogP contribution < -0.4 is 10.1 Å². The Morgan fingerprint density at radius 2 is 1.85 bits per heavy atom. The third-order valence-electron chi connectivity index (χ3n) is 3.10. The molecule has 1 atom stereocenters. The summed E-state index contributed by atoms with van der Waals surface area (Å²) in [6, 6.07) is 12.4. The summed E-state index contributed by atoms with van der Waals surface area (Å²) < 4.78 is 5.91. The molecule has 2 aromatic carbocycles. The molecule has 2 N–H and O–H groups in total. The molecule has 0 radical (unpaired) electrons. The average Bonchev–Trinajstić information content (AvgIpc) is 2.40. The first-order chi connectivity index (χ1) is 9.58. The van der Waals surface area contributed by atoms with E-state index in [1.54, 1.807) is 6.92 Å². The Balaban J connectivity index is 2.34. The van der Waals surface area contributed by atoms with Gasteiger partial charge in [0.15, 0.2) is 0 Å². The molecule has 0 aliphatic rings. The topological polar surface area (TPSA) is 41.5 Å². The van der Waals surface area contributed by atoms with Crippen LogP contribution in [-0.2, 0) is 6.54 Å². The van der Waals surface area contributed by atoms with Crippen molar-refractivity contribution in [3.05, 3.63) is 42.0 Å². The maximum atomic E-state index is 9.36. The van der Waals surface area contributed by atoms with Crippen molar-refractivity contribution < 1.29 is 9.84 Å². The Morgan fingerprint density at radius 1 is 1.10 bits per heavy atom. The molecule has 0 aromatic heterocycles. The van der Waals surface area contributed by atoms with Crippen molar-refractivity contribution >= 4 is 10.8 Å². The van der Waals surface area contributed by atoms with Crippen LogP contribution in [0.5, 0.6) is 5.75 Å². The summed E-state index contributed by atoms with van der Waals surface area (Å²) in [5.74, 6) is 0.914. The second-order valence-electron chi connectivity index (χ2n) is 5.41. The van der Waals surface area contributed by atoms with Crippen molar-refractivity contribution in [1.82, 2.24) is 5.32 Å². The van der Waals surface area contributed by atoms with Crippen LogP contribution in [0.25, 0.3) is 10.8 Å². The zero-order valence-corrected chi connectivity index (χ0v) is 12.4. The number of ether oxygens (including phenoxy) is 1. The fourth-order valence-electron chi connectivity index (χ4n) is 2.27. The largest absolute Gasteiger partial charge is 0.491 e. The molecular formula is C17H23NO2. The van der Waals surface area contributed by atoms with Crippen LogP contribution in [-0.4, -0.2) is 23.9 Å². The predicted molar refractivity (Wildman–Crippen MR) is 83.1 cm³/mol. The van der Waals surface area contributed by atoms with Gasteiger partial charge in [-0.25, -0.2) is 0 Å². The highest BCUT2D eigenvalue weighted by Crippen LogP contribution is 2.28. The third kappa shape index (κ3) is 3.71. The number of hydrogen-bond acceptors (Lipinski definition) is 3. The zero-order chi connectivity index (χ0) is 14.5. The molecular weight excluding hydrogens is 250 g/mol. The van der Waals surface area contributed by atoms with Gasteiger partial charge >= 0.3 is 0 Å². The summed E-state index contributed by atoms with van der Waals surface area (Å²) in [4.78, 5) is 0. The fraction of sp³-hybridized carbons (Fsp3) is 0.412. The van der Waals surface area contributed by atoms with Crippen LogP contribution in [0, 0.1) is 0 Å². The molecule has 0 aliphatic heterocycles. The van der Waals surface area contributed by atoms with E-state index < -0.39 is 0 Å². The number of fused-ring (bicyclic) bond motifs is 1. The highest BCUT2D eigenvalue weighted by molar-refractivity contribution is 5.87. The number of aliphatic hydroxyl groups is 1. The van der Waals surface area contributed by atoms with Gasteiger partial charge in [0.2, 0.25) is 0 Å². The van der Waals surface area contributed by atoms with Crippen LogP contribution >= 0.6 is 0 Å². The fourth-order valence-corrected chi connectivity index (χ4v) is 2.27. The summed E-state index contributed by atoms with van der Waals surface area (Å²) in [6.45, 7) is 7.10. The van der Waals surface area contributed by atoms with Crippen molar-refractivity contribution in [2.24, 2.45) is 0 Å². The van der Waals surface area contributed by atoms with Crippen LogP contribution in [0.1, 0.15) is 26.3 Å². The minimum absolute atomic E-state index is 0.145. The number of hydrogen-bond donors (Lipinski definition) is 2. The van der Waals surface area contributed by atoms with Crippen molar-refractivity contribution in [2.45, 2.75) is 39.5 Å². The SMILES string of the molecule is CC(O)CNCc1c(OC(C)C)ccc2ccccc12. The van der Waals surface area contributed by atoms with E-state index in [4.69, 9.17) is 4.74 Å². The van der Waals surface area contributed by atoms with Gasteiger partial charge in [0, 0.05) is 18.7 Å². The molecule has 0 fully saturated rings. The Morgan fingerprint density at radius 3 is 2.55 bits per heavy atom. The minimum atomic E-state index is -0.348. The van der Waals surface area contributed by atoms with Gasteiger partial charge in [-0.2, -0.15) is 0 Å². The summed E-state index contributed by atoms with van der Waals surface area (Å²) >= 11 is 0. The summed E-state index contributed by atoms with van der Waals surface area (Å²) in [5.41, 5.74) is 1.15. The molecule has 3 heteroatoms. The Labute approximate surface area is 120 Å². The molecule has 1 unspecified atom stereocenters. The van der Waals surface area contributed by atoms with Crippen molar-refractivity contribution in [3.63, 3.8) is 0 Å². The second kappa shape index (κ2) is 6.73. The number of nitrogens with one attached hydrogen (secondary N) is 1. The first kappa shape index (κ1) is 14.8. The predicted octanol–water partition coefficient (Wildman–Crippen LogP) is 3.10. The quantitative estimate of drug-likeness (QED) is 0.850. The highest BCUT2D eigenvalue weighted by Gasteiger charge is 2.10. The van der Waals surface area contributed by atoms with Crippen molar-refractivity contribution in [3.8, 4) is 5.75 Å². The molecule has 0 saturated heterocycles. The average molecular weight is 273 g/mol. The Kier molecular flexibility index (Phi) is 4.99. The number of benzene rings is 2. The van der Waals surface area contributed by atoms with E-state index in [9.17, 15) is 5.11 Å². The smallest absolute Gasteiger partial charge is 0.124 e. The molecule has 2 rings (SSSR count). The molecule has 0 bridgehead atoms. The van der Waals surface area contributed by atoms with Gasteiger partial charge in [-0.05, 0) is 37.6 Å².